The molecule has 1 rings (SSSR count). The zero-order chi connectivity index (χ0) is 16.7. The van der Waals surface area contributed by atoms with Crippen molar-refractivity contribution in [3.05, 3.63) is 34.9 Å². The van der Waals surface area contributed by atoms with Gasteiger partial charge in [0.15, 0.2) is 0 Å². The van der Waals surface area contributed by atoms with Crippen LogP contribution in [0, 0.1) is 0 Å². The molecule has 120 valence electrons. The third-order valence-electron chi connectivity index (χ3n) is 2.41. The van der Waals surface area contributed by atoms with Crippen LogP contribution in [0.15, 0.2) is 29.4 Å². The zero-order valence-corrected chi connectivity index (χ0v) is 15.0. The number of carbonyl (C=O) groups excluding carboxylic acids is 2. The fraction of sp³-hybridized carbons (Fsp3) is 0.308. The van der Waals surface area contributed by atoms with Gasteiger partial charge < -0.3 is 0 Å². The Morgan fingerprint density at radius 1 is 1.27 bits per heavy atom. The van der Waals surface area contributed by atoms with Crippen LogP contribution in [0.4, 0.5) is 4.79 Å². The smallest absolute Gasteiger partial charge is 0.296 e. The molecule has 1 aromatic rings. The van der Waals surface area contributed by atoms with Crippen LogP contribution in [-0.4, -0.2) is 46.0 Å². The molecule has 0 aliphatic heterocycles. The van der Waals surface area contributed by atoms with Gasteiger partial charge in [-0.3, -0.25) is 13.9 Å². The number of hydrogen-bond acceptors (Lipinski definition) is 6. The lowest BCUT2D eigenvalue weighted by atomic mass is 10.2. The summed E-state index contributed by atoms with van der Waals surface area (Å²) >= 11 is 8.12. The van der Waals surface area contributed by atoms with Gasteiger partial charge in [-0.1, -0.05) is 22.8 Å². The van der Waals surface area contributed by atoms with Gasteiger partial charge in [-0.25, -0.2) is 9.10 Å². The highest BCUT2D eigenvalue weighted by Crippen LogP contribution is 2.19. The van der Waals surface area contributed by atoms with Crippen LogP contribution in [0.25, 0.3) is 0 Å². The lowest BCUT2D eigenvalue weighted by molar-refractivity contribution is 0.0888. The summed E-state index contributed by atoms with van der Waals surface area (Å²) in [7, 11) is 3.03. The van der Waals surface area contributed by atoms with Gasteiger partial charge in [0.25, 0.3) is 5.91 Å². The fourth-order valence-corrected chi connectivity index (χ4v) is 2.20. The average molecular weight is 362 g/mol. The Bertz CT molecular complexity index is 583. The Kier molecular flexibility index (Phi) is 7.57. The molecule has 0 N–H and O–H groups in total. The summed E-state index contributed by atoms with van der Waals surface area (Å²) in [6.07, 6.45) is 1.15. The summed E-state index contributed by atoms with van der Waals surface area (Å²) < 4.78 is 2.47. The minimum absolute atomic E-state index is 0.282. The van der Waals surface area contributed by atoms with Crippen LogP contribution in [0.1, 0.15) is 17.3 Å². The molecular formula is C13H16ClN3O3S2. The molecule has 0 saturated heterocycles. The summed E-state index contributed by atoms with van der Waals surface area (Å²) in [6.45, 7) is 1.72. The highest BCUT2D eigenvalue weighted by Gasteiger charge is 2.19. The van der Waals surface area contributed by atoms with Gasteiger partial charge in [0, 0.05) is 24.7 Å². The van der Waals surface area contributed by atoms with Gasteiger partial charge in [-0.05, 0) is 31.4 Å². The first kappa shape index (κ1) is 18.7. The molecule has 0 aromatic heterocycles. The van der Waals surface area contributed by atoms with Crippen molar-refractivity contribution in [2.24, 2.45) is 5.16 Å². The average Bonchev–Trinajstić information content (AvgIpc) is 2.51. The Morgan fingerprint density at radius 2 is 1.95 bits per heavy atom. The topological polar surface area (TPSA) is 62.2 Å². The molecule has 0 bridgehead atoms. The number of rotatable bonds is 4. The van der Waals surface area contributed by atoms with E-state index in [0.717, 1.165) is 12.1 Å². The molecule has 0 atom stereocenters. The third kappa shape index (κ3) is 5.78. The minimum Gasteiger partial charge on any atom is -0.296 e. The highest BCUT2D eigenvalue weighted by atomic mass is 35.5. The van der Waals surface area contributed by atoms with Gasteiger partial charge >= 0.3 is 6.09 Å². The predicted molar refractivity (Wildman–Crippen MR) is 92.0 cm³/mol. The second-order valence-electron chi connectivity index (χ2n) is 4.06. The van der Waals surface area contributed by atoms with E-state index in [1.807, 2.05) is 6.26 Å². The number of hydrogen-bond donors (Lipinski definition) is 0. The monoisotopic (exact) mass is 361 g/mol. The number of oxime groups is 1. The molecule has 0 saturated carbocycles. The largest absolute Gasteiger partial charge is 0.447 e. The van der Waals surface area contributed by atoms with Gasteiger partial charge in [-0.15, -0.1) is 11.8 Å². The van der Waals surface area contributed by atoms with E-state index in [-0.39, 0.29) is 5.91 Å². The van der Waals surface area contributed by atoms with Crippen LogP contribution in [-0.2, 0) is 4.84 Å². The second-order valence-corrected chi connectivity index (χ2v) is 6.76. The van der Waals surface area contributed by atoms with E-state index in [1.54, 1.807) is 38.2 Å². The summed E-state index contributed by atoms with van der Waals surface area (Å²) in [4.78, 5) is 28.7. The first-order valence-electron chi connectivity index (χ1n) is 6.10. The molecule has 22 heavy (non-hydrogen) atoms. The summed E-state index contributed by atoms with van der Waals surface area (Å²) in [5.41, 5.74) is 0.431. The van der Waals surface area contributed by atoms with E-state index < -0.39 is 6.09 Å². The van der Waals surface area contributed by atoms with E-state index in [0.29, 0.717) is 15.6 Å². The lowest BCUT2D eigenvalue weighted by Crippen LogP contribution is -2.28. The number of halogens is 1. The molecule has 0 spiro atoms. The molecule has 2 amide bonds. The third-order valence-corrected chi connectivity index (χ3v) is 4.11. The number of benzene rings is 1. The first-order chi connectivity index (χ1) is 10.3. The van der Waals surface area contributed by atoms with Crippen LogP contribution in [0.5, 0.6) is 0 Å². The summed E-state index contributed by atoms with van der Waals surface area (Å²) in [5, 5.41) is 4.73. The quantitative estimate of drug-likeness (QED) is 0.269. The number of amides is 2. The Balaban J connectivity index is 2.61. The van der Waals surface area contributed by atoms with Gasteiger partial charge in [0.2, 0.25) is 0 Å². The molecule has 0 aliphatic carbocycles. The molecule has 0 fully saturated rings. The predicted octanol–water partition coefficient (Wildman–Crippen LogP) is 3.74. The first-order valence-corrected chi connectivity index (χ1v) is 8.43. The Morgan fingerprint density at radius 3 is 2.55 bits per heavy atom. The molecule has 1 aromatic carbocycles. The number of nitrogens with zero attached hydrogens (tertiary/aromatic N) is 3. The van der Waals surface area contributed by atoms with Gasteiger partial charge in [-0.2, -0.15) is 0 Å². The molecule has 9 heteroatoms. The number of thioether (sulfide) groups is 1. The van der Waals surface area contributed by atoms with Crippen molar-refractivity contribution in [3.63, 3.8) is 0 Å². The van der Waals surface area contributed by atoms with E-state index >= 15 is 0 Å². The maximum absolute atomic E-state index is 12.2. The molecule has 0 heterocycles. The highest BCUT2D eigenvalue weighted by molar-refractivity contribution is 8.13. The molecule has 0 aliphatic rings. The molecule has 0 unspecified atom stereocenters. The van der Waals surface area contributed by atoms with Crippen molar-refractivity contribution in [1.29, 1.82) is 0 Å². The van der Waals surface area contributed by atoms with Crippen LogP contribution < -0.4 is 0 Å². The Labute approximate surface area is 143 Å². The van der Waals surface area contributed by atoms with Crippen LogP contribution in [0.2, 0.25) is 5.02 Å². The second kappa shape index (κ2) is 8.92. The number of carbonyl (C=O) groups is 2. The summed E-state index contributed by atoms with van der Waals surface area (Å²) in [5.74, 6) is -0.282. The molecule has 0 radical (unpaired) electrons. The van der Waals surface area contributed by atoms with Crippen molar-refractivity contribution in [1.82, 2.24) is 8.61 Å². The standard InChI is InChI=1S/C13H16ClN3O3S2/c1-9(21-4)15-20-13(19)17(3)22-16(2)12(18)10-6-5-7-11(14)8-10/h5-8H,1-4H3/b15-9+. The normalized spacial score (nSPS) is 11.0. The van der Waals surface area contributed by atoms with E-state index in [1.165, 1.54) is 27.4 Å². The zero-order valence-electron chi connectivity index (χ0n) is 12.6. The van der Waals surface area contributed by atoms with Crippen molar-refractivity contribution in [2.45, 2.75) is 6.92 Å². The van der Waals surface area contributed by atoms with Crippen molar-refractivity contribution < 1.29 is 14.4 Å². The Hall–Kier alpha value is -1.38. The SMILES string of the molecule is CS/C(C)=N/OC(=O)N(C)SN(C)C(=O)c1cccc(Cl)c1. The summed E-state index contributed by atoms with van der Waals surface area (Å²) in [6, 6.07) is 6.58. The van der Waals surface area contributed by atoms with Crippen LogP contribution >= 0.6 is 35.5 Å². The van der Waals surface area contributed by atoms with Gasteiger partial charge in [0.05, 0.1) is 12.1 Å². The van der Waals surface area contributed by atoms with Crippen molar-refractivity contribution in [3.8, 4) is 0 Å². The van der Waals surface area contributed by atoms with E-state index in [4.69, 9.17) is 16.4 Å². The van der Waals surface area contributed by atoms with Crippen molar-refractivity contribution >= 4 is 52.5 Å². The maximum Gasteiger partial charge on any atom is 0.447 e. The maximum atomic E-state index is 12.2. The fourth-order valence-electron chi connectivity index (χ4n) is 1.26. The molecule has 6 nitrogen and oxygen atoms in total. The van der Waals surface area contributed by atoms with Crippen LogP contribution in [0.3, 0.4) is 0 Å². The molecular weight excluding hydrogens is 346 g/mol. The van der Waals surface area contributed by atoms with E-state index in [9.17, 15) is 9.59 Å². The minimum atomic E-state index is -0.677. The lowest BCUT2D eigenvalue weighted by Gasteiger charge is -2.21. The van der Waals surface area contributed by atoms with E-state index in [2.05, 4.69) is 5.16 Å². The van der Waals surface area contributed by atoms with Gasteiger partial charge in [0.1, 0.15) is 5.04 Å². The van der Waals surface area contributed by atoms with Crippen molar-refractivity contribution in [2.75, 3.05) is 20.4 Å².